The van der Waals surface area contributed by atoms with Gasteiger partial charge in [-0.15, -0.1) is 0 Å². The van der Waals surface area contributed by atoms with E-state index in [2.05, 4.69) is 19.5 Å². The van der Waals surface area contributed by atoms with E-state index in [-0.39, 0.29) is 23.5 Å². The van der Waals surface area contributed by atoms with E-state index in [1.807, 2.05) is 0 Å². The lowest BCUT2D eigenvalue weighted by atomic mass is 10.00. The summed E-state index contributed by atoms with van der Waals surface area (Å²) < 4.78 is 22.3. The Kier molecular flexibility index (Phi) is 4.54. The van der Waals surface area contributed by atoms with Gasteiger partial charge in [0.15, 0.2) is 16.9 Å². The van der Waals surface area contributed by atoms with Crippen molar-refractivity contribution in [3.63, 3.8) is 0 Å². The zero-order chi connectivity index (χ0) is 18.4. The van der Waals surface area contributed by atoms with E-state index in [9.17, 15) is 19.9 Å². The summed E-state index contributed by atoms with van der Waals surface area (Å²) in [6, 6.07) is 0. The number of aromatic hydroxyl groups is 1. The van der Waals surface area contributed by atoms with Gasteiger partial charge in [-0.1, -0.05) is 6.92 Å². The Bertz CT molecular complexity index is 825. The number of rotatable bonds is 5. The lowest BCUT2D eigenvalue weighted by molar-refractivity contribution is -0.147. The van der Waals surface area contributed by atoms with Gasteiger partial charge in [-0.3, -0.25) is 9.09 Å². The van der Waals surface area contributed by atoms with E-state index >= 15 is 0 Å². The summed E-state index contributed by atoms with van der Waals surface area (Å²) in [5, 5.41) is 30.5. The van der Waals surface area contributed by atoms with Crippen LogP contribution in [-0.4, -0.2) is 69.5 Å². The van der Waals surface area contributed by atoms with Crippen LogP contribution in [0.4, 0.5) is 0 Å². The van der Waals surface area contributed by atoms with Crippen molar-refractivity contribution in [2.24, 2.45) is 0 Å². The molecule has 0 spiro atoms. The summed E-state index contributed by atoms with van der Waals surface area (Å²) in [7, 11) is -4.77. The second kappa shape index (κ2) is 6.25. The molecule has 4 atom stereocenters. The molecule has 1 saturated heterocycles. The Morgan fingerprint density at radius 3 is 2.72 bits per heavy atom. The smallest absolute Gasteiger partial charge is 0.469 e. The van der Waals surface area contributed by atoms with Crippen LogP contribution in [0, 0.1) is 0 Å². The maximum Gasteiger partial charge on any atom is 0.469 e. The number of aromatic nitrogens is 4. The number of fused-ring (bicyclic) bond motifs is 1. The summed E-state index contributed by atoms with van der Waals surface area (Å²) in [6.45, 7) is 1.05. The minimum absolute atomic E-state index is 0.0792. The molecule has 0 saturated carbocycles. The third-order valence-corrected chi connectivity index (χ3v) is 4.64. The predicted octanol–water partition coefficient (Wildman–Crippen LogP) is -1.18. The fourth-order valence-electron chi connectivity index (χ4n) is 2.94. The van der Waals surface area contributed by atoms with Crippen molar-refractivity contribution in [1.82, 2.24) is 19.5 Å². The molecular weight excluding hydrogens is 359 g/mol. The first-order valence-electron chi connectivity index (χ1n) is 7.31. The van der Waals surface area contributed by atoms with Crippen molar-refractivity contribution >= 4 is 19.0 Å². The maximum absolute atomic E-state index is 10.9. The van der Waals surface area contributed by atoms with E-state index < -0.39 is 38.5 Å². The first kappa shape index (κ1) is 18.1. The molecule has 3 heterocycles. The molecule has 0 amide bonds. The monoisotopic (exact) mass is 376 g/mol. The number of phosphoric acid groups is 1. The predicted molar refractivity (Wildman–Crippen MR) is 80.1 cm³/mol. The standard InChI is InChI=1S/C12H17N4O8P/c1-2-12(16-5-15-7-10(16)13-4-14-11(7)19)9(18)8(17)6(24-12)3-23-25(20,21)22/h4-6,8-9,17-18H,2-3H2,1H3,(H,13,14,19)(H2,20,21,22)/t6-,8-,9-,12-/m1/s1. The van der Waals surface area contributed by atoms with E-state index in [1.54, 1.807) is 6.92 Å². The molecule has 1 aliphatic heterocycles. The second-order valence-electron chi connectivity index (χ2n) is 5.56. The van der Waals surface area contributed by atoms with Gasteiger partial charge in [0.25, 0.3) is 0 Å². The third-order valence-electron chi connectivity index (χ3n) is 4.16. The van der Waals surface area contributed by atoms with Crippen LogP contribution in [0.2, 0.25) is 0 Å². The van der Waals surface area contributed by atoms with Crippen molar-refractivity contribution in [2.75, 3.05) is 6.61 Å². The zero-order valence-electron chi connectivity index (χ0n) is 13.0. The lowest BCUT2D eigenvalue weighted by Crippen LogP contribution is -2.45. The topological polar surface area (TPSA) is 180 Å². The van der Waals surface area contributed by atoms with Crippen LogP contribution >= 0.6 is 7.82 Å². The summed E-state index contributed by atoms with van der Waals surface area (Å²) in [5.74, 6) is -0.357. The molecule has 13 heteroatoms. The highest BCUT2D eigenvalue weighted by atomic mass is 31.2. The SMILES string of the molecule is CC[C@@]1(n2cnc3c(O)ncnc32)O[C@H](COP(=O)(O)O)[C@@H](O)[C@H]1O. The van der Waals surface area contributed by atoms with Gasteiger partial charge in [0.05, 0.1) is 12.9 Å². The zero-order valence-corrected chi connectivity index (χ0v) is 13.9. The Morgan fingerprint density at radius 1 is 1.36 bits per heavy atom. The Balaban J connectivity index is 1.99. The first-order chi connectivity index (χ1) is 11.7. The number of hydrogen-bond acceptors (Lipinski definition) is 9. The molecule has 1 fully saturated rings. The van der Waals surface area contributed by atoms with Crippen LogP contribution in [0.25, 0.3) is 11.2 Å². The highest BCUT2D eigenvalue weighted by Gasteiger charge is 2.55. The summed E-state index contributed by atoms with van der Waals surface area (Å²) in [5.41, 5.74) is -1.27. The van der Waals surface area contributed by atoms with Crippen LogP contribution in [0.15, 0.2) is 12.7 Å². The van der Waals surface area contributed by atoms with Crippen LogP contribution in [0.5, 0.6) is 5.88 Å². The van der Waals surface area contributed by atoms with Crippen LogP contribution in [0.1, 0.15) is 13.3 Å². The van der Waals surface area contributed by atoms with Gasteiger partial charge < -0.3 is 29.8 Å². The van der Waals surface area contributed by atoms with Gasteiger partial charge in [-0.2, -0.15) is 4.98 Å². The molecular formula is C12H17N4O8P. The van der Waals surface area contributed by atoms with E-state index in [1.165, 1.54) is 10.9 Å². The fraction of sp³-hybridized carbons (Fsp3) is 0.583. The number of phosphoric ester groups is 1. The molecule has 138 valence electrons. The molecule has 12 nitrogen and oxygen atoms in total. The highest BCUT2D eigenvalue weighted by molar-refractivity contribution is 7.46. The average Bonchev–Trinajstić information content (AvgIpc) is 3.08. The molecule has 2 aromatic rings. The van der Waals surface area contributed by atoms with Crippen LogP contribution in [-0.2, 0) is 19.6 Å². The van der Waals surface area contributed by atoms with Gasteiger partial charge >= 0.3 is 7.82 Å². The van der Waals surface area contributed by atoms with Crippen molar-refractivity contribution < 1.29 is 38.9 Å². The van der Waals surface area contributed by atoms with Gasteiger partial charge in [-0.25, -0.2) is 14.5 Å². The largest absolute Gasteiger partial charge is 0.492 e. The van der Waals surface area contributed by atoms with Crippen molar-refractivity contribution in [3.8, 4) is 5.88 Å². The van der Waals surface area contributed by atoms with E-state index in [0.29, 0.717) is 0 Å². The van der Waals surface area contributed by atoms with Gasteiger partial charge in [-0.05, 0) is 6.42 Å². The Morgan fingerprint density at radius 2 is 2.08 bits per heavy atom. The average molecular weight is 376 g/mol. The molecule has 0 aromatic carbocycles. The molecule has 25 heavy (non-hydrogen) atoms. The number of imidazole rings is 1. The molecule has 1 aliphatic rings. The van der Waals surface area contributed by atoms with Gasteiger partial charge in [0, 0.05) is 0 Å². The molecule has 3 rings (SSSR count). The van der Waals surface area contributed by atoms with Crippen LogP contribution in [0.3, 0.4) is 0 Å². The number of hydrogen-bond donors (Lipinski definition) is 5. The quantitative estimate of drug-likeness (QED) is 0.396. The molecule has 0 radical (unpaired) electrons. The normalized spacial score (nSPS) is 30.2. The first-order valence-corrected chi connectivity index (χ1v) is 8.84. The summed E-state index contributed by atoms with van der Waals surface area (Å²) in [4.78, 5) is 29.2. The molecule has 0 unspecified atom stereocenters. The molecule has 2 aromatic heterocycles. The van der Waals surface area contributed by atoms with E-state index in [0.717, 1.165) is 6.33 Å². The number of aliphatic hydroxyl groups is 2. The third kappa shape index (κ3) is 3.02. The minimum atomic E-state index is -4.77. The fourth-order valence-corrected chi connectivity index (χ4v) is 3.28. The number of ether oxygens (including phenoxy) is 1. The summed E-state index contributed by atoms with van der Waals surface area (Å²) in [6.07, 6.45) is -1.60. The molecule has 0 aliphatic carbocycles. The maximum atomic E-state index is 10.9. The summed E-state index contributed by atoms with van der Waals surface area (Å²) >= 11 is 0. The van der Waals surface area contributed by atoms with Crippen molar-refractivity contribution in [2.45, 2.75) is 37.4 Å². The van der Waals surface area contributed by atoms with Crippen LogP contribution < -0.4 is 0 Å². The molecule has 5 N–H and O–H groups in total. The molecule has 0 bridgehead atoms. The minimum Gasteiger partial charge on any atom is -0.492 e. The second-order valence-corrected chi connectivity index (χ2v) is 6.80. The van der Waals surface area contributed by atoms with Crippen molar-refractivity contribution in [3.05, 3.63) is 12.7 Å². The Hall–Kier alpha value is -1.66. The van der Waals surface area contributed by atoms with Crippen molar-refractivity contribution in [1.29, 1.82) is 0 Å². The Labute approximate surface area is 140 Å². The lowest BCUT2D eigenvalue weighted by Gasteiger charge is -2.32. The number of nitrogens with zero attached hydrogens (tertiary/aromatic N) is 4. The van der Waals surface area contributed by atoms with Gasteiger partial charge in [0.1, 0.15) is 24.6 Å². The number of aliphatic hydroxyl groups excluding tert-OH is 2. The van der Waals surface area contributed by atoms with Gasteiger partial charge in [0.2, 0.25) is 5.88 Å². The highest BCUT2D eigenvalue weighted by Crippen LogP contribution is 2.43. The van der Waals surface area contributed by atoms with E-state index in [4.69, 9.17) is 14.5 Å².